The maximum Gasteiger partial charge on any atom is 0.261 e. The van der Waals surface area contributed by atoms with Gasteiger partial charge >= 0.3 is 0 Å². The van der Waals surface area contributed by atoms with E-state index in [2.05, 4.69) is 10.6 Å². The molecule has 22 heavy (non-hydrogen) atoms. The molecular formula is C16H24N2O3S. The Bertz CT molecular complexity index is 554. The number of carbonyl (C=O) groups excluding carboxylic acids is 2. The lowest BCUT2D eigenvalue weighted by atomic mass is 9.96. The van der Waals surface area contributed by atoms with E-state index in [1.165, 1.54) is 11.3 Å². The third-order valence-corrected chi connectivity index (χ3v) is 4.71. The predicted octanol–water partition coefficient (Wildman–Crippen LogP) is 2.95. The zero-order valence-electron chi connectivity index (χ0n) is 13.6. The van der Waals surface area contributed by atoms with Crippen molar-refractivity contribution in [3.63, 3.8) is 0 Å². The maximum absolute atomic E-state index is 12.2. The molecule has 2 heterocycles. The molecule has 1 fully saturated rings. The van der Waals surface area contributed by atoms with Gasteiger partial charge in [0.05, 0.1) is 16.0 Å². The Morgan fingerprint density at radius 3 is 2.73 bits per heavy atom. The number of carbonyl (C=O) groups is 2. The van der Waals surface area contributed by atoms with Crippen molar-refractivity contribution in [1.82, 2.24) is 5.32 Å². The van der Waals surface area contributed by atoms with E-state index in [-0.39, 0.29) is 17.9 Å². The van der Waals surface area contributed by atoms with Gasteiger partial charge in [0.2, 0.25) is 5.91 Å². The van der Waals surface area contributed by atoms with Crippen LogP contribution < -0.4 is 10.6 Å². The zero-order valence-corrected chi connectivity index (χ0v) is 14.4. The normalized spacial score (nSPS) is 18.3. The van der Waals surface area contributed by atoms with Crippen LogP contribution in [0, 0.1) is 12.3 Å². The van der Waals surface area contributed by atoms with Crippen LogP contribution in [0.4, 0.5) is 5.00 Å². The number of rotatable bonds is 4. The van der Waals surface area contributed by atoms with Crippen LogP contribution in [0.1, 0.15) is 48.8 Å². The molecule has 6 heteroatoms. The Labute approximate surface area is 135 Å². The van der Waals surface area contributed by atoms with Crippen molar-refractivity contribution in [1.29, 1.82) is 0 Å². The van der Waals surface area contributed by atoms with E-state index < -0.39 is 5.41 Å². The number of aryl methyl sites for hydroxylation is 1. The summed E-state index contributed by atoms with van der Waals surface area (Å²) in [6.45, 7) is 8.78. The van der Waals surface area contributed by atoms with Crippen LogP contribution in [0.2, 0.25) is 0 Å². The van der Waals surface area contributed by atoms with E-state index in [1.54, 1.807) is 0 Å². The Morgan fingerprint density at radius 2 is 2.14 bits per heavy atom. The van der Waals surface area contributed by atoms with Gasteiger partial charge in [0, 0.05) is 18.6 Å². The molecule has 0 spiro atoms. The Morgan fingerprint density at radius 1 is 1.41 bits per heavy atom. The van der Waals surface area contributed by atoms with E-state index in [0.717, 1.165) is 25.0 Å². The molecule has 0 radical (unpaired) electrons. The number of hydrogen-bond acceptors (Lipinski definition) is 4. The fourth-order valence-corrected chi connectivity index (χ4v) is 3.14. The molecule has 1 saturated heterocycles. The molecule has 2 amide bonds. The first-order valence-electron chi connectivity index (χ1n) is 7.59. The van der Waals surface area contributed by atoms with Crippen molar-refractivity contribution in [2.24, 2.45) is 5.41 Å². The quantitative estimate of drug-likeness (QED) is 0.895. The van der Waals surface area contributed by atoms with Crippen molar-refractivity contribution in [3.05, 3.63) is 16.5 Å². The Hall–Kier alpha value is -1.40. The summed E-state index contributed by atoms with van der Waals surface area (Å²) < 4.78 is 5.50. The molecule has 122 valence electrons. The van der Waals surface area contributed by atoms with Gasteiger partial charge in [-0.3, -0.25) is 9.59 Å². The van der Waals surface area contributed by atoms with Crippen LogP contribution in [0.15, 0.2) is 6.07 Å². The standard InChI is InChI=1S/C16H24N2O3S/c1-10-8-12(18-15(20)16(2,3)4)22-13(10)14(19)17-9-11-6-5-7-21-11/h8,11H,5-7,9H2,1-4H3,(H,17,19)(H,18,20)/t11-/m0/s1. The average Bonchev–Trinajstić information content (AvgIpc) is 3.04. The number of ether oxygens (including phenoxy) is 1. The SMILES string of the molecule is Cc1cc(NC(=O)C(C)(C)C)sc1C(=O)NC[C@@H]1CCCO1. The first-order chi connectivity index (χ1) is 10.3. The van der Waals surface area contributed by atoms with Crippen molar-refractivity contribution >= 4 is 28.2 Å². The number of thiophene rings is 1. The predicted molar refractivity (Wildman–Crippen MR) is 88.4 cm³/mol. The molecule has 5 nitrogen and oxygen atoms in total. The van der Waals surface area contributed by atoms with Crippen molar-refractivity contribution in [2.75, 3.05) is 18.5 Å². The molecule has 1 aromatic rings. The summed E-state index contributed by atoms with van der Waals surface area (Å²) in [5, 5.41) is 6.49. The summed E-state index contributed by atoms with van der Waals surface area (Å²) in [4.78, 5) is 24.9. The monoisotopic (exact) mass is 324 g/mol. The van der Waals surface area contributed by atoms with Gasteiger partial charge in [-0.2, -0.15) is 0 Å². The molecule has 0 aromatic carbocycles. The Kier molecular flexibility index (Phi) is 5.24. The van der Waals surface area contributed by atoms with Gasteiger partial charge in [-0.25, -0.2) is 0 Å². The summed E-state index contributed by atoms with van der Waals surface area (Å²) >= 11 is 1.31. The van der Waals surface area contributed by atoms with Crippen LogP contribution in [-0.2, 0) is 9.53 Å². The third-order valence-electron chi connectivity index (χ3n) is 3.56. The lowest BCUT2D eigenvalue weighted by molar-refractivity contribution is -0.123. The highest BCUT2D eigenvalue weighted by atomic mass is 32.1. The van der Waals surface area contributed by atoms with Gasteiger partial charge in [0.25, 0.3) is 5.91 Å². The topological polar surface area (TPSA) is 67.4 Å². The van der Waals surface area contributed by atoms with E-state index in [0.29, 0.717) is 16.4 Å². The lowest BCUT2D eigenvalue weighted by Gasteiger charge is -2.16. The summed E-state index contributed by atoms with van der Waals surface area (Å²) in [6.07, 6.45) is 2.18. The maximum atomic E-state index is 12.2. The largest absolute Gasteiger partial charge is 0.376 e. The molecular weight excluding hydrogens is 300 g/mol. The minimum atomic E-state index is -0.458. The summed E-state index contributed by atoms with van der Waals surface area (Å²) in [5.74, 6) is -0.158. The van der Waals surface area contributed by atoms with E-state index in [9.17, 15) is 9.59 Å². The van der Waals surface area contributed by atoms with Gasteiger partial charge in [0.15, 0.2) is 0 Å². The Balaban J connectivity index is 1.96. The summed E-state index contributed by atoms with van der Waals surface area (Å²) in [6, 6.07) is 1.84. The van der Waals surface area contributed by atoms with Crippen molar-refractivity contribution in [2.45, 2.75) is 46.6 Å². The second-order valence-electron chi connectivity index (χ2n) is 6.67. The zero-order chi connectivity index (χ0) is 16.3. The highest BCUT2D eigenvalue weighted by Gasteiger charge is 2.23. The molecule has 0 aliphatic carbocycles. The summed E-state index contributed by atoms with van der Waals surface area (Å²) in [7, 11) is 0. The third kappa shape index (κ3) is 4.30. The molecule has 1 atom stereocenters. The van der Waals surface area contributed by atoms with Gasteiger partial charge in [-0.15, -0.1) is 11.3 Å². The lowest BCUT2D eigenvalue weighted by Crippen LogP contribution is -2.31. The van der Waals surface area contributed by atoms with Gasteiger partial charge in [0.1, 0.15) is 0 Å². The minimum absolute atomic E-state index is 0.0555. The minimum Gasteiger partial charge on any atom is -0.376 e. The van der Waals surface area contributed by atoms with Crippen LogP contribution in [-0.4, -0.2) is 31.1 Å². The number of hydrogen-bond donors (Lipinski definition) is 2. The molecule has 0 bridgehead atoms. The van der Waals surface area contributed by atoms with E-state index >= 15 is 0 Å². The van der Waals surface area contributed by atoms with E-state index in [1.807, 2.05) is 33.8 Å². The first-order valence-corrected chi connectivity index (χ1v) is 8.40. The molecule has 2 N–H and O–H groups in total. The molecule has 1 aliphatic heterocycles. The van der Waals surface area contributed by atoms with Crippen LogP contribution in [0.5, 0.6) is 0 Å². The van der Waals surface area contributed by atoms with Crippen LogP contribution >= 0.6 is 11.3 Å². The van der Waals surface area contributed by atoms with Gasteiger partial charge < -0.3 is 15.4 Å². The number of nitrogens with one attached hydrogen (secondary N) is 2. The summed E-state index contributed by atoms with van der Waals surface area (Å²) in [5.41, 5.74) is 0.416. The second kappa shape index (κ2) is 6.79. The fraction of sp³-hybridized carbons (Fsp3) is 0.625. The molecule has 1 aliphatic rings. The van der Waals surface area contributed by atoms with Crippen molar-refractivity contribution in [3.8, 4) is 0 Å². The average molecular weight is 324 g/mol. The molecule has 1 aromatic heterocycles. The smallest absolute Gasteiger partial charge is 0.261 e. The van der Waals surface area contributed by atoms with Gasteiger partial charge in [-0.1, -0.05) is 20.8 Å². The van der Waals surface area contributed by atoms with E-state index in [4.69, 9.17) is 4.74 Å². The second-order valence-corrected chi connectivity index (χ2v) is 7.72. The van der Waals surface area contributed by atoms with Gasteiger partial charge in [-0.05, 0) is 31.4 Å². The number of anilines is 1. The van der Waals surface area contributed by atoms with Crippen molar-refractivity contribution < 1.29 is 14.3 Å². The number of amides is 2. The fourth-order valence-electron chi connectivity index (χ4n) is 2.16. The van der Waals surface area contributed by atoms with Crippen LogP contribution in [0.3, 0.4) is 0 Å². The highest BCUT2D eigenvalue weighted by Crippen LogP contribution is 2.28. The molecule has 0 saturated carbocycles. The first kappa shape index (κ1) is 17.0. The molecule has 2 rings (SSSR count). The van der Waals surface area contributed by atoms with Crippen LogP contribution in [0.25, 0.3) is 0 Å². The highest BCUT2D eigenvalue weighted by molar-refractivity contribution is 7.18. The molecule has 0 unspecified atom stereocenters.